The third-order valence-electron chi connectivity index (χ3n) is 2.88. The summed E-state index contributed by atoms with van der Waals surface area (Å²) in [5.74, 6) is 0. The highest BCUT2D eigenvalue weighted by atomic mass is 35.5. The molecule has 3 atom stereocenters. The minimum absolute atomic E-state index is 0.545. The third kappa shape index (κ3) is 3.76. The van der Waals surface area contributed by atoms with E-state index in [-0.39, 0.29) is 0 Å². The molecule has 0 aliphatic heterocycles. The fourth-order valence-corrected chi connectivity index (χ4v) is 3.75. The Morgan fingerprint density at radius 2 is 1.50 bits per heavy atom. The predicted molar refractivity (Wildman–Crippen MR) is 87.3 cm³/mol. The standard InChI is InChI=1S/C15H13Cl3OS/c1-10-2-8-13(9-3-10)20(19)15(18)14(17)11-4-6-12(16)7-5-11/h2-9,14-15H,1H3/t14-,15+,20?/m1/s1. The van der Waals surface area contributed by atoms with Gasteiger partial charge < -0.3 is 0 Å². The minimum Gasteiger partial charge on any atom is -0.253 e. The van der Waals surface area contributed by atoms with Crippen LogP contribution in [-0.2, 0) is 10.8 Å². The summed E-state index contributed by atoms with van der Waals surface area (Å²) >= 11 is 18.4. The van der Waals surface area contributed by atoms with E-state index in [1.54, 1.807) is 24.3 Å². The lowest BCUT2D eigenvalue weighted by Crippen LogP contribution is -2.14. The van der Waals surface area contributed by atoms with Crippen molar-refractivity contribution in [3.8, 4) is 0 Å². The Bertz CT molecular complexity index is 596. The van der Waals surface area contributed by atoms with Crippen LogP contribution in [0.4, 0.5) is 0 Å². The van der Waals surface area contributed by atoms with Gasteiger partial charge >= 0.3 is 0 Å². The number of aryl methyl sites for hydroxylation is 1. The smallest absolute Gasteiger partial charge is 0.134 e. The van der Waals surface area contributed by atoms with E-state index in [0.29, 0.717) is 9.92 Å². The first kappa shape index (κ1) is 15.8. The molecule has 0 heterocycles. The molecule has 2 aromatic rings. The first-order valence-corrected chi connectivity index (χ1v) is 8.46. The minimum atomic E-state index is -1.37. The van der Waals surface area contributed by atoms with Crippen LogP contribution in [0.15, 0.2) is 53.4 Å². The van der Waals surface area contributed by atoms with Gasteiger partial charge in [0.2, 0.25) is 0 Å². The van der Waals surface area contributed by atoms with Gasteiger partial charge in [-0.25, -0.2) is 0 Å². The predicted octanol–water partition coefficient (Wildman–Crippen LogP) is 5.30. The average molecular weight is 348 g/mol. The number of benzene rings is 2. The summed E-state index contributed by atoms with van der Waals surface area (Å²) in [5, 5.41) is 0.0828. The Balaban J connectivity index is 2.17. The van der Waals surface area contributed by atoms with Gasteiger partial charge in [-0.05, 0) is 36.8 Å². The van der Waals surface area contributed by atoms with Gasteiger partial charge in [0.1, 0.15) is 4.71 Å². The number of halogens is 3. The molecular weight excluding hydrogens is 335 g/mol. The van der Waals surface area contributed by atoms with Gasteiger partial charge in [0.15, 0.2) is 0 Å². The summed E-state index contributed by atoms with van der Waals surface area (Å²) in [7, 11) is -1.37. The van der Waals surface area contributed by atoms with E-state index < -0.39 is 20.9 Å². The van der Waals surface area contributed by atoms with E-state index in [1.165, 1.54) is 0 Å². The molecular formula is C15H13Cl3OS. The van der Waals surface area contributed by atoms with Crippen LogP contribution in [0.3, 0.4) is 0 Å². The Morgan fingerprint density at radius 1 is 0.950 bits per heavy atom. The van der Waals surface area contributed by atoms with Crippen LogP contribution in [0.25, 0.3) is 0 Å². The van der Waals surface area contributed by atoms with Crippen LogP contribution in [0.2, 0.25) is 5.02 Å². The molecule has 0 amide bonds. The van der Waals surface area contributed by atoms with E-state index >= 15 is 0 Å². The highest BCUT2D eigenvalue weighted by Crippen LogP contribution is 2.33. The molecule has 0 bridgehead atoms. The van der Waals surface area contributed by atoms with Crippen molar-refractivity contribution in [1.82, 2.24) is 0 Å². The second-order valence-electron chi connectivity index (χ2n) is 4.41. The molecule has 20 heavy (non-hydrogen) atoms. The van der Waals surface area contributed by atoms with Gasteiger partial charge in [-0.1, -0.05) is 41.4 Å². The van der Waals surface area contributed by atoms with Crippen molar-refractivity contribution in [3.05, 3.63) is 64.7 Å². The zero-order valence-corrected chi connectivity index (χ0v) is 13.8. The summed E-state index contributed by atoms with van der Waals surface area (Å²) in [6, 6.07) is 14.5. The Morgan fingerprint density at radius 3 is 2.05 bits per heavy atom. The second-order valence-corrected chi connectivity index (χ2v) is 7.62. The van der Waals surface area contributed by atoms with Crippen LogP contribution in [-0.4, -0.2) is 8.92 Å². The summed E-state index contributed by atoms with van der Waals surface area (Å²) in [5.41, 5.74) is 1.91. The SMILES string of the molecule is Cc1ccc(S(=O)[C@H](Cl)[C@H](Cl)c2ccc(Cl)cc2)cc1. The van der Waals surface area contributed by atoms with Crippen molar-refractivity contribution in [2.45, 2.75) is 21.9 Å². The van der Waals surface area contributed by atoms with Gasteiger partial charge in [0, 0.05) is 9.92 Å². The molecule has 0 radical (unpaired) electrons. The van der Waals surface area contributed by atoms with Crippen molar-refractivity contribution < 1.29 is 4.21 Å². The molecule has 0 spiro atoms. The monoisotopic (exact) mass is 346 g/mol. The molecule has 2 aromatic carbocycles. The van der Waals surface area contributed by atoms with Crippen LogP contribution in [0.5, 0.6) is 0 Å². The van der Waals surface area contributed by atoms with Crippen LogP contribution < -0.4 is 0 Å². The van der Waals surface area contributed by atoms with E-state index in [4.69, 9.17) is 34.8 Å². The number of hydrogen-bond acceptors (Lipinski definition) is 1. The van der Waals surface area contributed by atoms with E-state index in [9.17, 15) is 4.21 Å². The molecule has 0 saturated carbocycles. The van der Waals surface area contributed by atoms with Crippen molar-refractivity contribution >= 4 is 45.6 Å². The molecule has 0 saturated heterocycles. The summed E-state index contributed by atoms with van der Waals surface area (Å²) in [4.78, 5) is 0.676. The van der Waals surface area contributed by atoms with Crippen LogP contribution in [0, 0.1) is 6.92 Å². The first-order valence-electron chi connectivity index (χ1n) is 6.00. The molecule has 0 fully saturated rings. The fraction of sp³-hybridized carbons (Fsp3) is 0.200. The van der Waals surface area contributed by atoms with Crippen molar-refractivity contribution in [3.63, 3.8) is 0 Å². The first-order chi connectivity index (χ1) is 9.49. The van der Waals surface area contributed by atoms with E-state index in [1.807, 2.05) is 31.2 Å². The van der Waals surface area contributed by atoms with Gasteiger partial charge in [0.25, 0.3) is 0 Å². The lowest BCUT2D eigenvalue weighted by molar-refractivity contribution is 0.679. The zero-order chi connectivity index (χ0) is 14.7. The molecule has 106 valence electrons. The number of hydrogen-bond donors (Lipinski definition) is 0. The summed E-state index contributed by atoms with van der Waals surface area (Å²) in [6.07, 6.45) is 0. The van der Waals surface area contributed by atoms with Gasteiger partial charge in [-0.2, -0.15) is 0 Å². The quantitative estimate of drug-likeness (QED) is 0.686. The normalized spacial score (nSPS) is 15.6. The molecule has 1 nitrogen and oxygen atoms in total. The van der Waals surface area contributed by atoms with E-state index in [0.717, 1.165) is 11.1 Å². The van der Waals surface area contributed by atoms with Crippen LogP contribution in [0.1, 0.15) is 16.5 Å². The zero-order valence-electron chi connectivity index (χ0n) is 10.7. The van der Waals surface area contributed by atoms with Gasteiger partial charge in [0.05, 0.1) is 16.2 Å². The Hall–Kier alpha value is -0.540. The molecule has 1 unspecified atom stereocenters. The molecule has 0 aliphatic carbocycles. The van der Waals surface area contributed by atoms with Crippen molar-refractivity contribution in [2.75, 3.05) is 0 Å². The fourth-order valence-electron chi connectivity index (χ4n) is 1.71. The number of rotatable bonds is 4. The highest BCUT2D eigenvalue weighted by Gasteiger charge is 2.25. The highest BCUT2D eigenvalue weighted by molar-refractivity contribution is 7.87. The Kier molecular flexibility index (Phi) is 5.50. The number of alkyl halides is 2. The summed E-state index contributed by atoms with van der Waals surface area (Å²) < 4.78 is 11.7. The lowest BCUT2D eigenvalue weighted by Gasteiger charge is -2.16. The average Bonchev–Trinajstić information content (AvgIpc) is 2.46. The second kappa shape index (κ2) is 6.95. The van der Waals surface area contributed by atoms with Crippen molar-refractivity contribution in [1.29, 1.82) is 0 Å². The molecule has 2 rings (SSSR count). The largest absolute Gasteiger partial charge is 0.253 e. The molecule has 0 aromatic heterocycles. The van der Waals surface area contributed by atoms with Gasteiger partial charge in [-0.15, -0.1) is 23.2 Å². The maximum atomic E-state index is 12.4. The van der Waals surface area contributed by atoms with Crippen LogP contribution >= 0.6 is 34.8 Å². The molecule has 0 N–H and O–H groups in total. The molecule has 0 aliphatic rings. The third-order valence-corrected chi connectivity index (χ3v) is 6.07. The summed E-state index contributed by atoms with van der Waals surface area (Å²) in [6.45, 7) is 1.98. The molecule has 5 heteroatoms. The maximum Gasteiger partial charge on any atom is 0.134 e. The van der Waals surface area contributed by atoms with Crippen molar-refractivity contribution in [2.24, 2.45) is 0 Å². The maximum absolute atomic E-state index is 12.4. The van der Waals surface area contributed by atoms with Gasteiger partial charge in [-0.3, -0.25) is 4.21 Å². The Labute approximate surface area is 136 Å². The van der Waals surface area contributed by atoms with E-state index in [2.05, 4.69) is 0 Å². The lowest BCUT2D eigenvalue weighted by atomic mass is 10.2. The topological polar surface area (TPSA) is 17.1 Å².